The van der Waals surface area contributed by atoms with Crippen LogP contribution in [-0.2, 0) is 11.2 Å². The third-order valence-corrected chi connectivity index (χ3v) is 3.92. The van der Waals surface area contributed by atoms with E-state index in [1.807, 2.05) is 36.4 Å². The van der Waals surface area contributed by atoms with E-state index < -0.39 is 0 Å². The van der Waals surface area contributed by atoms with Crippen molar-refractivity contribution in [1.29, 1.82) is 0 Å². The second kappa shape index (κ2) is 10.3. The largest absolute Gasteiger partial charge is 0.497 e. The lowest BCUT2D eigenvalue weighted by Gasteiger charge is -2.10. The lowest BCUT2D eigenvalue weighted by molar-refractivity contribution is -0.116. The van der Waals surface area contributed by atoms with Crippen molar-refractivity contribution in [2.24, 2.45) is 0 Å². The van der Waals surface area contributed by atoms with E-state index in [0.29, 0.717) is 13.0 Å². The summed E-state index contributed by atoms with van der Waals surface area (Å²) in [6, 6.07) is 13.2. The van der Waals surface area contributed by atoms with Crippen molar-refractivity contribution in [3.05, 3.63) is 48.0 Å². The van der Waals surface area contributed by atoms with Gasteiger partial charge in [0.05, 0.1) is 21.3 Å². The quantitative estimate of drug-likeness (QED) is 0.639. The molecule has 140 valence electrons. The zero-order valence-electron chi connectivity index (χ0n) is 15.5. The molecule has 2 rings (SSSR count). The molecule has 0 spiro atoms. The minimum atomic E-state index is -0.0307. The fourth-order valence-corrected chi connectivity index (χ4v) is 2.52. The number of nitrogens with one attached hydrogen (secondary N) is 2. The Morgan fingerprint density at radius 3 is 2.46 bits per heavy atom. The maximum absolute atomic E-state index is 12.0. The summed E-state index contributed by atoms with van der Waals surface area (Å²) in [6.07, 6.45) is 1.25. The third kappa shape index (κ3) is 5.97. The normalized spacial score (nSPS) is 10.3. The minimum absolute atomic E-state index is 0.0307. The zero-order valence-corrected chi connectivity index (χ0v) is 15.5. The van der Waals surface area contributed by atoms with E-state index in [2.05, 4.69) is 10.6 Å². The van der Waals surface area contributed by atoms with Crippen LogP contribution in [0.2, 0.25) is 0 Å². The Balaban J connectivity index is 1.69. The lowest BCUT2D eigenvalue weighted by Crippen LogP contribution is -2.23. The number of amides is 1. The maximum atomic E-state index is 12.0. The van der Waals surface area contributed by atoms with Gasteiger partial charge < -0.3 is 24.8 Å². The number of ether oxygens (including phenoxy) is 3. The van der Waals surface area contributed by atoms with Gasteiger partial charge in [0, 0.05) is 24.7 Å². The first-order valence-electron chi connectivity index (χ1n) is 8.51. The monoisotopic (exact) mass is 358 g/mol. The fraction of sp³-hybridized carbons (Fsp3) is 0.350. The summed E-state index contributed by atoms with van der Waals surface area (Å²) < 4.78 is 15.7. The first-order valence-corrected chi connectivity index (χ1v) is 8.51. The van der Waals surface area contributed by atoms with Crippen LogP contribution in [0, 0.1) is 0 Å². The van der Waals surface area contributed by atoms with Crippen molar-refractivity contribution in [1.82, 2.24) is 5.32 Å². The Bertz CT molecular complexity index is 719. The molecule has 6 nitrogen and oxygen atoms in total. The van der Waals surface area contributed by atoms with Crippen molar-refractivity contribution in [2.75, 3.05) is 39.7 Å². The van der Waals surface area contributed by atoms with E-state index >= 15 is 0 Å². The van der Waals surface area contributed by atoms with Crippen LogP contribution in [0.1, 0.15) is 12.0 Å². The SMILES string of the molecule is COc1cccc(NC(=O)CCNCCc2ccc(OC)c(OC)c2)c1. The third-order valence-electron chi connectivity index (χ3n) is 3.92. The van der Waals surface area contributed by atoms with Gasteiger partial charge in [0.2, 0.25) is 5.91 Å². The zero-order chi connectivity index (χ0) is 18.8. The molecule has 2 aromatic rings. The van der Waals surface area contributed by atoms with Gasteiger partial charge in [-0.2, -0.15) is 0 Å². The molecule has 0 radical (unpaired) electrons. The smallest absolute Gasteiger partial charge is 0.225 e. The van der Waals surface area contributed by atoms with Crippen LogP contribution in [0.25, 0.3) is 0 Å². The Morgan fingerprint density at radius 2 is 1.73 bits per heavy atom. The van der Waals surface area contributed by atoms with Gasteiger partial charge in [-0.05, 0) is 42.8 Å². The molecule has 0 atom stereocenters. The van der Waals surface area contributed by atoms with Crippen molar-refractivity contribution >= 4 is 11.6 Å². The summed E-state index contributed by atoms with van der Waals surface area (Å²) in [4.78, 5) is 12.0. The van der Waals surface area contributed by atoms with E-state index in [0.717, 1.165) is 41.5 Å². The highest BCUT2D eigenvalue weighted by Crippen LogP contribution is 2.27. The van der Waals surface area contributed by atoms with Crippen LogP contribution < -0.4 is 24.8 Å². The second-order valence-corrected chi connectivity index (χ2v) is 5.72. The molecule has 0 aromatic heterocycles. The van der Waals surface area contributed by atoms with Gasteiger partial charge in [0.15, 0.2) is 11.5 Å². The molecule has 2 aromatic carbocycles. The minimum Gasteiger partial charge on any atom is -0.497 e. The summed E-state index contributed by atoms with van der Waals surface area (Å²) in [5.41, 5.74) is 1.88. The molecule has 0 bridgehead atoms. The van der Waals surface area contributed by atoms with Crippen molar-refractivity contribution in [3.63, 3.8) is 0 Å². The lowest BCUT2D eigenvalue weighted by atomic mass is 10.1. The second-order valence-electron chi connectivity index (χ2n) is 5.72. The van der Waals surface area contributed by atoms with Crippen LogP contribution in [0.15, 0.2) is 42.5 Å². The van der Waals surface area contributed by atoms with Crippen LogP contribution in [-0.4, -0.2) is 40.3 Å². The van der Waals surface area contributed by atoms with Gasteiger partial charge in [-0.3, -0.25) is 4.79 Å². The fourth-order valence-electron chi connectivity index (χ4n) is 2.52. The molecular formula is C20H26N2O4. The van der Waals surface area contributed by atoms with E-state index in [9.17, 15) is 4.79 Å². The molecular weight excluding hydrogens is 332 g/mol. The summed E-state index contributed by atoms with van der Waals surface area (Å²) in [5, 5.41) is 6.15. The predicted octanol–water partition coefficient (Wildman–Crippen LogP) is 2.87. The predicted molar refractivity (Wildman–Crippen MR) is 102 cm³/mol. The highest BCUT2D eigenvalue weighted by Gasteiger charge is 2.05. The summed E-state index contributed by atoms with van der Waals surface area (Å²) in [6.45, 7) is 1.39. The Morgan fingerprint density at radius 1 is 0.923 bits per heavy atom. The number of anilines is 1. The first-order chi connectivity index (χ1) is 12.7. The maximum Gasteiger partial charge on any atom is 0.225 e. The molecule has 0 heterocycles. The first kappa shape index (κ1) is 19.6. The molecule has 0 unspecified atom stereocenters. The summed E-state index contributed by atoms with van der Waals surface area (Å²) >= 11 is 0. The van der Waals surface area contributed by atoms with Gasteiger partial charge in [-0.25, -0.2) is 0 Å². The van der Waals surface area contributed by atoms with E-state index in [4.69, 9.17) is 14.2 Å². The number of hydrogen-bond donors (Lipinski definition) is 2. The van der Waals surface area contributed by atoms with E-state index in [1.54, 1.807) is 27.4 Å². The molecule has 0 aliphatic rings. The Labute approximate surface area is 154 Å². The summed E-state index contributed by atoms with van der Waals surface area (Å²) in [5.74, 6) is 2.13. The summed E-state index contributed by atoms with van der Waals surface area (Å²) in [7, 11) is 4.85. The van der Waals surface area contributed by atoms with Gasteiger partial charge >= 0.3 is 0 Å². The molecule has 0 saturated heterocycles. The van der Waals surface area contributed by atoms with Crippen LogP contribution in [0.3, 0.4) is 0 Å². The Hall–Kier alpha value is -2.73. The van der Waals surface area contributed by atoms with E-state index in [1.165, 1.54) is 0 Å². The highest BCUT2D eigenvalue weighted by atomic mass is 16.5. The number of carbonyl (C=O) groups excluding carboxylic acids is 1. The number of rotatable bonds is 10. The van der Waals surface area contributed by atoms with Crippen molar-refractivity contribution in [3.8, 4) is 17.2 Å². The number of carbonyl (C=O) groups is 1. The average molecular weight is 358 g/mol. The molecule has 0 fully saturated rings. The topological polar surface area (TPSA) is 68.8 Å². The average Bonchev–Trinajstić information content (AvgIpc) is 2.67. The van der Waals surface area contributed by atoms with Gasteiger partial charge in [0.25, 0.3) is 0 Å². The molecule has 6 heteroatoms. The number of hydrogen-bond acceptors (Lipinski definition) is 5. The van der Waals surface area contributed by atoms with Crippen LogP contribution >= 0.6 is 0 Å². The Kier molecular flexibility index (Phi) is 7.76. The molecule has 0 aliphatic carbocycles. The number of methoxy groups -OCH3 is 3. The number of benzene rings is 2. The molecule has 26 heavy (non-hydrogen) atoms. The van der Waals surface area contributed by atoms with Gasteiger partial charge in [-0.1, -0.05) is 12.1 Å². The molecule has 0 saturated carbocycles. The van der Waals surface area contributed by atoms with Gasteiger partial charge in [-0.15, -0.1) is 0 Å². The van der Waals surface area contributed by atoms with Crippen molar-refractivity contribution < 1.29 is 19.0 Å². The molecule has 2 N–H and O–H groups in total. The molecule has 1 amide bonds. The standard InChI is InChI=1S/C20H26N2O4/c1-24-17-6-4-5-16(14-17)22-20(23)10-12-21-11-9-15-7-8-18(25-2)19(13-15)26-3/h4-8,13-14,21H,9-12H2,1-3H3,(H,22,23). The van der Waals surface area contributed by atoms with Gasteiger partial charge in [0.1, 0.15) is 5.75 Å². The highest BCUT2D eigenvalue weighted by molar-refractivity contribution is 5.90. The van der Waals surface area contributed by atoms with Crippen LogP contribution in [0.5, 0.6) is 17.2 Å². The van der Waals surface area contributed by atoms with E-state index in [-0.39, 0.29) is 5.91 Å². The molecule has 0 aliphatic heterocycles. The van der Waals surface area contributed by atoms with Crippen molar-refractivity contribution in [2.45, 2.75) is 12.8 Å². The van der Waals surface area contributed by atoms with Crippen LogP contribution in [0.4, 0.5) is 5.69 Å².